The van der Waals surface area contributed by atoms with Gasteiger partial charge in [-0.15, -0.1) is 0 Å². The molecule has 30 heavy (non-hydrogen) atoms. The first kappa shape index (κ1) is 21.3. The Morgan fingerprint density at radius 1 is 1.23 bits per heavy atom. The van der Waals surface area contributed by atoms with Gasteiger partial charge in [0.2, 0.25) is 5.91 Å². The summed E-state index contributed by atoms with van der Waals surface area (Å²) in [4.78, 5) is 28.7. The van der Waals surface area contributed by atoms with Crippen LogP contribution in [0.25, 0.3) is 0 Å². The Labute approximate surface area is 185 Å². The predicted octanol–water partition coefficient (Wildman–Crippen LogP) is 5.38. The van der Waals surface area contributed by atoms with Crippen LogP contribution in [0.3, 0.4) is 0 Å². The fourth-order valence-electron chi connectivity index (χ4n) is 5.86. The highest BCUT2D eigenvalue weighted by Gasteiger charge is 2.69. The van der Waals surface area contributed by atoms with Crippen LogP contribution in [0.2, 0.25) is 10.0 Å². The van der Waals surface area contributed by atoms with Gasteiger partial charge in [-0.1, -0.05) is 55.8 Å². The zero-order valence-electron chi connectivity index (χ0n) is 15.7. The largest absolute Gasteiger partial charge is 0.324 e. The van der Waals surface area contributed by atoms with Gasteiger partial charge in [-0.05, 0) is 36.7 Å². The molecule has 2 heterocycles. The molecule has 5 rings (SSSR count). The van der Waals surface area contributed by atoms with E-state index in [9.17, 15) is 9.59 Å². The molecule has 4 nitrogen and oxygen atoms in total. The van der Waals surface area contributed by atoms with Crippen LogP contribution in [0, 0.1) is 11.7 Å². The van der Waals surface area contributed by atoms with Crippen molar-refractivity contribution >= 4 is 40.6 Å². The minimum atomic E-state index is -1.17. The highest BCUT2D eigenvalue weighted by atomic mass is 35.5. The van der Waals surface area contributed by atoms with Gasteiger partial charge in [0, 0.05) is 40.6 Å². The number of likely N-dealkylation sites (tertiary alicyclic amines) is 1. The Balaban J connectivity index is 0.00000218. The first-order valence-corrected chi connectivity index (χ1v) is 10.5. The molecule has 1 amide bonds. The van der Waals surface area contributed by atoms with Gasteiger partial charge < -0.3 is 5.32 Å². The van der Waals surface area contributed by atoms with Crippen molar-refractivity contribution in [3.05, 3.63) is 63.4 Å². The first-order valence-electron chi connectivity index (χ1n) is 9.76. The number of halogens is 3. The predicted molar refractivity (Wildman–Crippen MR) is 117 cm³/mol. The van der Waals surface area contributed by atoms with Crippen LogP contribution in [0.15, 0.2) is 36.4 Å². The molecule has 4 atom stereocenters. The Hall–Kier alpha value is -1.95. The van der Waals surface area contributed by atoms with E-state index in [2.05, 4.69) is 10.2 Å². The molecule has 7 heteroatoms. The van der Waals surface area contributed by atoms with Gasteiger partial charge in [-0.25, -0.2) is 4.39 Å². The molecule has 2 fully saturated rings. The second-order valence-electron chi connectivity index (χ2n) is 7.92. The Bertz CT molecular complexity index is 1060. The quantitative estimate of drug-likeness (QED) is 0.670. The number of hydrogen-bond acceptors (Lipinski definition) is 3. The number of nitrogens with zero attached hydrogens (tertiary/aromatic N) is 1. The third-order valence-electron chi connectivity index (χ3n) is 6.78. The van der Waals surface area contributed by atoms with Crippen LogP contribution in [0.1, 0.15) is 44.2 Å². The number of hydrogen-bond donors (Lipinski definition) is 1. The van der Waals surface area contributed by atoms with Crippen molar-refractivity contribution in [2.24, 2.45) is 5.92 Å². The topological polar surface area (TPSA) is 49.4 Å². The van der Waals surface area contributed by atoms with Crippen molar-refractivity contribution in [3.8, 4) is 0 Å². The lowest BCUT2D eigenvalue weighted by Crippen LogP contribution is -2.52. The minimum Gasteiger partial charge on any atom is -0.324 e. The van der Waals surface area contributed by atoms with E-state index in [-0.39, 0.29) is 30.2 Å². The molecule has 0 unspecified atom stereocenters. The molecule has 2 aromatic carbocycles. The second-order valence-corrected chi connectivity index (χ2v) is 8.76. The summed E-state index contributed by atoms with van der Waals surface area (Å²) >= 11 is 12.3. The van der Waals surface area contributed by atoms with Gasteiger partial charge in [-0.2, -0.15) is 0 Å². The maximum absolute atomic E-state index is 15.3. The molecule has 158 valence electrons. The van der Waals surface area contributed by atoms with E-state index in [4.69, 9.17) is 23.2 Å². The number of benzene rings is 2. The summed E-state index contributed by atoms with van der Waals surface area (Å²) in [7, 11) is 0. The average Bonchev–Trinajstić information content (AvgIpc) is 3.29. The second kappa shape index (κ2) is 7.33. The van der Waals surface area contributed by atoms with Crippen LogP contribution in [0.4, 0.5) is 10.1 Å². The van der Waals surface area contributed by atoms with Gasteiger partial charge in [0.15, 0.2) is 0 Å². The molecule has 1 saturated carbocycles. The molecule has 1 spiro atoms. The average molecular weight is 449 g/mol. The molecule has 0 bridgehead atoms. The lowest BCUT2D eigenvalue weighted by Gasteiger charge is -2.39. The Morgan fingerprint density at radius 3 is 2.73 bits per heavy atom. The van der Waals surface area contributed by atoms with Crippen molar-refractivity contribution in [3.63, 3.8) is 0 Å². The van der Waals surface area contributed by atoms with Crippen LogP contribution in [-0.4, -0.2) is 29.2 Å². The number of rotatable bonds is 2. The van der Waals surface area contributed by atoms with E-state index < -0.39 is 23.2 Å². The summed E-state index contributed by atoms with van der Waals surface area (Å²) in [5.74, 6) is -1.86. The normalized spacial score (nSPS) is 29.7. The lowest BCUT2D eigenvalue weighted by atomic mass is 9.71. The number of anilines is 1. The standard InChI is InChI=1S/C22H19Cl2FN2O2.CH4/c1-2-27-16-8-9-17(28)18(16)19(12-4-3-5-14(24)20(12)25)22(27)13-7-6-11(23)10-15(13)26-21(22)29;/h3-7,10,16,18-19H,2,8-9H2,1H3,(H,26,29);1H4/t16-,18-,19-,22+;/m0./s1. The zero-order chi connectivity index (χ0) is 20.5. The number of amides is 1. The molecule has 1 saturated heterocycles. The van der Waals surface area contributed by atoms with Gasteiger partial charge >= 0.3 is 0 Å². The van der Waals surface area contributed by atoms with Gasteiger partial charge in [0.25, 0.3) is 0 Å². The molecular weight excluding hydrogens is 426 g/mol. The fourth-order valence-corrected chi connectivity index (χ4v) is 6.21. The van der Waals surface area contributed by atoms with E-state index in [1.165, 1.54) is 6.07 Å². The number of likely N-dealkylation sites (N-methyl/N-ethyl adjacent to an activating group) is 1. The first-order chi connectivity index (χ1) is 13.9. The van der Waals surface area contributed by atoms with Crippen LogP contribution >= 0.6 is 23.2 Å². The van der Waals surface area contributed by atoms with E-state index in [1.54, 1.807) is 24.3 Å². The van der Waals surface area contributed by atoms with Gasteiger partial charge in [0.05, 0.1) is 5.02 Å². The highest BCUT2D eigenvalue weighted by molar-refractivity contribution is 6.31. The van der Waals surface area contributed by atoms with E-state index >= 15 is 4.39 Å². The summed E-state index contributed by atoms with van der Waals surface area (Å²) in [6.45, 7) is 2.53. The zero-order valence-corrected chi connectivity index (χ0v) is 17.2. The maximum atomic E-state index is 15.3. The monoisotopic (exact) mass is 448 g/mol. The van der Waals surface area contributed by atoms with Gasteiger partial charge in [-0.3, -0.25) is 14.5 Å². The molecule has 2 aliphatic heterocycles. The maximum Gasteiger partial charge on any atom is 0.250 e. The van der Waals surface area contributed by atoms with Crippen LogP contribution in [0.5, 0.6) is 0 Å². The van der Waals surface area contributed by atoms with Gasteiger partial charge in [0.1, 0.15) is 17.1 Å². The summed E-state index contributed by atoms with van der Waals surface area (Å²) in [5, 5.41) is 3.44. The van der Waals surface area contributed by atoms with Crippen molar-refractivity contribution in [1.29, 1.82) is 0 Å². The van der Waals surface area contributed by atoms with E-state index in [0.29, 0.717) is 35.7 Å². The lowest BCUT2D eigenvalue weighted by molar-refractivity contribution is -0.128. The third-order valence-corrected chi connectivity index (χ3v) is 7.31. The number of Topliss-reactive ketones (excluding diaryl/α,β-unsaturated/α-hetero) is 1. The Kier molecular flexibility index (Phi) is 5.20. The van der Waals surface area contributed by atoms with Crippen molar-refractivity contribution in [1.82, 2.24) is 4.90 Å². The summed E-state index contributed by atoms with van der Waals surface area (Å²) in [5.41, 5.74) is 0.490. The number of carbonyl (C=O) groups is 2. The summed E-state index contributed by atoms with van der Waals surface area (Å²) in [6, 6.07) is 9.94. The number of ketones is 1. The number of fused-ring (bicyclic) bond motifs is 3. The summed E-state index contributed by atoms with van der Waals surface area (Å²) in [6.07, 6.45) is 1.10. The SMILES string of the molecule is C.CCN1[C@H]2CCC(=O)[C@H]2[C@H](c2cccc(Cl)c2F)[C@]12C(=O)Nc1cc(Cl)ccc12. The third kappa shape index (κ3) is 2.55. The molecular formula is C23H23Cl2FN2O2. The molecule has 3 aliphatic rings. The molecule has 2 aromatic rings. The van der Waals surface area contributed by atoms with E-state index in [0.717, 1.165) is 5.56 Å². The van der Waals surface area contributed by atoms with E-state index in [1.807, 2.05) is 13.0 Å². The Morgan fingerprint density at radius 2 is 2.00 bits per heavy atom. The molecule has 0 radical (unpaired) electrons. The highest BCUT2D eigenvalue weighted by Crippen LogP contribution is 2.62. The fraction of sp³-hybridized carbons (Fsp3) is 0.391. The summed E-state index contributed by atoms with van der Waals surface area (Å²) < 4.78 is 15.3. The van der Waals surface area contributed by atoms with Crippen LogP contribution < -0.4 is 5.32 Å². The molecule has 0 aromatic heterocycles. The minimum absolute atomic E-state index is 0. The number of carbonyl (C=O) groups excluding carboxylic acids is 2. The smallest absolute Gasteiger partial charge is 0.250 e. The van der Waals surface area contributed by atoms with Crippen molar-refractivity contribution < 1.29 is 14.0 Å². The van der Waals surface area contributed by atoms with Crippen molar-refractivity contribution in [2.45, 2.75) is 44.7 Å². The number of nitrogens with one attached hydrogen (secondary N) is 1. The van der Waals surface area contributed by atoms with Crippen molar-refractivity contribution in [2.75, 3.05) is 11.9 Å². The van der Waals surface area contributed by atoms with Crippen LogP contribution in [-0.2, 0) is 15.1 Å². The molecule has 1 aliphatic carbocycles. The molecule has 1 N–H and O–H groups in total.